The van der Waals surface area contributed by atoms with E-state index in [9.17, 15) is 0 Å². The molecule has 0 atom stereocenters. The summed E-state index contributed by atoms with van der Waals surface area (Å²) in [6, 6.07) is 0.654. The summed E-state index contributed by atoms with van der Waals surface area (Å²) < 4.78 is 0. The van der Waals surface area contributed by atoms with Gasteiger partial charge in [-0.2, -0.15) is 4.79 Å². The van der Waals surface area contributed by atoms with Crippen LogP contribution in [0.5, 0.6) is 0 Å². The van der Waals surface area contributed by atoms with Crippen LogP contribution < -0.4 is 5.43 Å². The lowest BCUT2D eigenvalue weighted by Gasteiger charge is -2.36. The molecular formula is C11H16N4. The van der Waals surface area contributed by atoms with E-state index in [4.69, 9.17) is 0 Å². The molecule has 4 saturated carbocycles. The normalized spacial score (nSPS) is 46.3. The third-order valence-corrected chi connectivity index (χ3v) is 4.80. The van der Waals surface area contributed by atoms with Gasteiger partial charge < -0.3 is 5.43 Å². The van der Waals surface area contributed by atoms with Gasteiger partial charge in [0.1, 0.15) is 12.7 Å². The Labute approximate surface area is 89.0 Å². The number of nitrogens with one attached hydrogen (secondary N) is 1. The van der Waals surface area contributed by atoms with Gasteiger partial charge >= 0.3 is 0 Å². The van der Waals surface area contributed by atoms with Crippen LogP contribution in [0.2, 0.25) is 0 Å². The number of nitrogens with zero attached hydrogens (tertiary/aromatic N) is 3. The molecule has 0 spiro atoms. The molecule has 4 fully saturated rings. The first kappa shape index (κ1) is 8.13. The molecule has 0 saturated heterocycles. The Bertz CT molecular complexity index is 331. The van der Waals surface area contributed by atoms with Crippen LogP contribution in [-0.2, 0) is 0 Å². The van der Waals surface area contributed by atoms with Crippen LogP contribution in [0, 0.1) is 23.7 Å². The van der Waals surface area contributed by atoms with E-state index in [0.29, 0.717) is 6.04 Å². The Kier molecular flexibility index (Phi) is 1.49. The lowest BCUT2D eigenvalue weighted by Crippen LogP contribution is -2.43. The van der Waals surface area contributed by atoms with Crippen molar-refractivity contribution < 1.29 is 0 Å². The van der Waals surface area contributed by atoms with Crippen molar-refractivity contribution >= 4 is 0 Å². The van der Waals surface area contributed by atoms with Gasteiger partial charge in [0.05, 0.1) is 0 Å². The second-order valence-electron chi connectivity index (χ2n) is 5.48. The number of rotatable bonds is 2. The van der Waals surface area contributed by atoms with E-state index in [1.165, 1.54) is 25.7 Å². The lowest BCUT2D eigenvalue weighted by molar-refractivity contribution is 0.229. The highest BCUT2D eigenvalue weighted by Gasteiger charge is 2.53. The summed E-state index contributed by atoms with van der Waals surface area (Å²) >= 11 is 0. The quantitative estimate of drug-likeness (QED) is 0.788. The average Bonchev–Trinajstić information content (AvgIpc) is 2.83. The minimum Gasteiger partial charge on any atom is -0.305 e. The van der Waals surface area contributed by atoms with Gasteiger partial charge in [-0.25, -0.2) is 4.98 Å². The molecule has 1 aromatic rings. The molecule has 0 unspecified atom stereocenters. The van der Waals surface area contributed by atoms with Gasteiger partial charge in [0.2, 0.25) is 0 Å². The zero-order chi connectivity index (χ0) is 9.83. The summed E-state index contributed by atoms with van der Waals surface area (Å²) in [4.78, 5) is 5.76. The maximum atomic E-state index is 4.14. The molecule has 4 heteroatoms. The first-order valence-electron chi connectivity index (χ1n) is 6.01. The summed E-state index contributed by atoms with van der Waals surface area (Å²) in [5.74, 6) is 3.93. The molecule has 4 aliphatic rings. The fourth-order valence-corrected chi connectivity index (χ4v) is 4.32. The van der Waals surface area contributed by atoms with Crippen molar-refractivity contribution in [3.8, 4) is 0 Å². The average molecular weight is 204 g/mol. The lowest BCUT2D eigenvalue weighted by atomic mass is 9.77. The van der Waals surface area contributed by atoms with Gasteiger partial charge in [-0.15, -0.1) is 5.10 Å². The maximum Gasteiger partial charge on any atom is 0.139 e. The molecule has 0 radical (unpaired) electrons. The van der Waals surface area contributed by atoms with Crippen molar-refractivity contribution in [2.24, 2.45) is 23.7 Å². The van der Waals surface area contributed by atoms with Crippen LogP contribution in [0.25, 0.3) is 0 Å². The molecular weight excluding hydrogens is 188 g/mol. The van der Waals surface area contributed by atoms with Crippen molar-refractivity contribution in [1.82, 2.24) is 14.9 Å². The highest BCUT2D eigenvalue weighted by molar-refractivity contribution is 5.08. The standard InChI is InChI=1S/C11H16N4/c1-7-2-10-4-8(7)3-9(1)11(10)14-15-6-12-5-13-15/h5-11,14H,1-4H2. The summed E-state index contributed by atoms with van der Waals surface area (Å²) in [6.45, 7) is 0. The zero-order valence-electron chi connectivity index (χ0n) is 8.71. The van der Waals surface area contributed by atoms with E-state index in [-0.39, 0.29) is 0 Å². The molecule has 0 aromatic carbocycles. The third kappa shape index (κ3) is 1.08. The minimum absolute atomic E-state index is 0.654. The summed E-state index contributed by atoms with van der Waals surface area (Å²) in [5.41, 5.74) is 3.52. The van der Waals surface area contributed by atoms with E-state index in [1.807, 2.05) is 0 Å². The van der Waals surface area contributed by atoms with Crippen LogP contribution >= 0.6 is 0 Å². The van der Waals surface area contributed by atoms with Crippen LogP contribution in [0.1, 0.15) is 25.7 Å². The van der Waals surface area contributed by atoms with Crippen molar-refractivity contribution in [1.29, 1.82) is 0 Å². The second kappa shape index (κ2) is 2.74. The minimum atomic E-state index is 0.654. The smallest absolute Gasteiger partial charge is 0.139 e. The van der Waals surface area contributed by atoms with Gasteiger partial charge in [-0.1, -0.05) is 0 Å². The molecule has 4 bridgehead atoms. The van der Waals surface area contributed by atoms with E-state index < -0.39 is 0 Å². The molecule has 4 nitrogen and oxygen atoms in total. The van der Waals surface area contributed by atoms with Crippen LogP contribution in [0.3, 0.4) is 0 Å². The van der Waals surface area contributed by atoms with E-state index >= 15 is 0 Å². The Morgan fingerprint density at radius 1 is 1.00 bits per heavy atom. The highest BCUT2D eigenvalue weighted by Crippen LogP contribution is 2.58. The van der Waals surface area contributed by atoms with Crippen molar-refractivity contribution in [2.45, 2.75) is 31.7 Å². The number of hydrogen-bond acceptors (Lipinski definition) is 3. The van der Waals surface area contributed by atoms with Crippen molar-refractivity contribution in [2.75, 3.05) is 5.43 Å². The van der Waals surface area contributed by atoms with Gasteiger partial charge in [-0.3, -0.25) is 0 Å². The Morgan fingerprint density at radius 2 is 1.67 bits per heavy atom. The number of hydrogen-bond donors (Lipinski definition) is 1. The highest BCUT2D eigenvalue weighted by atomic mass is 15.6. The van der Waals surface area contributed by atoms with Crippen molar-refractivity contribution in [3.05, 3.63) is 12.7 Å². The Morgan fingerprint density at radius 3 is 2.20 bits per heavy atom. The maximum absolute atomic E-state index is 4.14. The molecule has 5 rings (SSSR count). The Hall–Kier alpha value is -1.06. The summed E-state index contributed by atoms with van der Waals surface area (Å²) in [5, 5.41) is 4.14. The molecule has 15 heavy (non-hydrogen) atoms. The Balaban J connectivity index is 1.57. The summed E-state index contributed by atoms with van der Waals surface area (Å²) in [6.07, 6.45) is 9.16. The predicted molar refractivity (Wildman–Crippen MR) is 55.6 cm³/mol. The zero-order valence-corrected chi connectivity index (χ0v) is 8.71. The molecule has 1 heterocycles. The van der Waals surface area contributed by atoms with E-state index in [0.717, 1.165) is 23.7 Å². The monoisotopic (exact) mass is 204 g/mol. The predicted octanol–water partition coefficient (Wildman–Crippen LogP) is 1.26. The fraction of sp³-hybridized carbons (Fsp3) is 0.818. The SMILES string of the molecule is c1ncn(NC2C3CC4CC2CC4C3)n1. The van der Waals surface area contributed by atoms with Gasteiger partial charge in [0, 0.05) is 6.04 Å². The number of aromatic nitrogens is 3. The topological polar surface area (TPSA) is 42.7 Å². The van der Waals surface area contributed by atoms with Crippen LogP contribution in [-0.4, -0.2) is 20.9 Å². The van der Waals surface area contributed by atoms with Crippen molar-refractivity contribution in [3.63, 3.8) is 0 Å². The second-order valence-corrected chi connectivity index (χ2v) is 5.48. The van der Waals surface area contributed by atoms with E-state index in [1.54, 1.807) is 17.4 Å². The molecule has 4 aliphatic carbocycles. The fourth-order valence-electron chi connectivity index (χ4n) is 4.32. The van der Waals surface area contributed by atoms with Gasteiger partial charge in [-0.05, 0) is 49.4 Å². The molecule has 1 N–H and O–H groups in total. The third-order valence-electron chi connectivity index (χ3n) is 4.80. The van der Waals surface area contributed by atoms with Gasteiger partial charge in [0.15, 0.2) is 0 Å². The first-order valence-corrected chi connectivity index (χ1v) is 6.01. The molecule has 80 valence electrons. The van der Waals surface area contributed by atoms with Crippen LogP contribution in [0.15, 0.2) is 12.7 Å². The summed E-state index contributed by atoms with van der Waals surface area (Å²) in [7, 11) is 0. The molecule has 1 aromatic heterocycles. The molecule has 0 aliphatic heterocycles. The van der Waals surface area contributed by atoms with Gasteiger partial charge in [0.25, 0.3) is 0 Å². The first-order chi connectivity index (χ1) is 7.40. The largest absolute Gasteiger partial charge is 0.305 e. The van der Waals surface area contributed by atoms with Crippen LogP contribution in [0.4, 0.5) is 0 Å². The molecule has 0 amide bonds. The van der Waals surface area contributed by atoms with E-state index in [2.05, 4.69) is 15.5 Å².